The maximum atomic E-state index is 10.7. The van der Waals surface area contributed by atoms with E-state index in [-0.39, 0.29) is 0 Å². The third-order valence-corrected chi connectivity index (χ3v) is 1.79. The molecule has 1 heteroatoms. The Morgan fingerprint density at radius 1 is 0.917 bits per heavy atom. The van der Waals surface area contributed by atoms with Crippen LogP contribution in [-0.2, 0) is 4.79 Å². The van der Waals surface area contributed by atoms with E-state index in [4.69, 9.17) is 0 Å². The number of Topliss-reactive ketones (excluding diaryl/α,β-unsaturated/α-hetero) is 1. The van der Waals surface area contributed by atoms with Crippen molar-refractivity contribution in [3.8, 4) is 0 Å². The van der Waals surface area contributed by atoms with Crippen molar-refractivity contribution in [2.75, 3.05) is 0 Å². The Labute approximate surface area is 76.9 Å². The van der Waals surface area contributed by atoms with Gasteiger partial charge in [0.25, 0.3) is 0 Å². The highest BCUT2D eigenvalue weighted by Gasteiger charge is 2.14. The first-order chi connectivity index (χ1) is 5.72. The maximum absolute atomic E-state index is 10.7. The summed E-state index contributed by atoms with van der Waals surface area (Å²) in [4.78, 5) is 10.7. The van der Waals surface area contributed by atoms with Gasteiger partial charge in [0.2, 0.25) is 0 Å². The average molecular weight is 170 g/mol. The normalized spacial score (nSPS) is 14.7. The zero-order chi connectivity index (χ0) is 10.1. The van der Waals surface area contributed by atoms with Crippen molar-refractivity contribution >= 4 is 5.78 Å². The van der Waals surface area contributed by atoms with Gasteiger partial charge in [0.15, 0.2) is 5.78 Å². The lowest BCUT2D eigenvalue weighted by molar-refractivity contribution is -0.114. The third kappa shape index (κ3) is 4.32. The van der Waals surface area contributed by atoms with Gasteiger partial charge in [-0.25, -0.2) is 0 Å². The molecule has 0 aliphatic heterocycles. The number of ketones is 1. The van der Waals surface area contributed by atoms with Crippen LogP contribution in [0.1, 0.15) is 54.4 Å². The van der Waals surface area contributed by atoms with Crippen molar-refractivity contribution in [1.82, 2.24) is 0 Å². The van der Waals surface area contributed by atoms with Crippen molar-refractivity contribution in [2.24, 2.45) is 0 Å². The van der Waals surface area contributed by atoms with E-state index >= 15 is 0 Å². The van der Waals surface area contributed by atoms with E-state index in [1.165, 1.54) is 5.57 Å². The third-order valence-electron chi connectivity index (χ3n) is 1.79. The van der Waals surface area contributed by atoms with Gasteiger partial charge in [0, 0.05) is 6.42 Å². The van der Waals surface area contributed by atoms with Crippen LogP contribution in [0.5, 0.6) is 0 Å². The Hall–Kier alpha value is -0.590. The van der Waals surface area contributed by atoms with Gasteiger partial charge in [-0.05, 0) is 25.8 Å². The average Bonchev–Trinajstić information content (AvgIpc) is 2.43. The molecule has 0 saturated carbocycles. The Bertz CT molecular complexity index is 154. The van der Waals surface area contributed by atoms with Crippen LogP contribution >= 0.6 is 0 Å². The molecule has 0 unspecified atom stereocenters. The summed E-state index contributed by atoms with van der Waals surface area (Å²) in [5.74, 6) is 0.336. The molecule has 0 N–H and O–H groups in total. The molecule has 1 nitrogen and oxygen atoms in total. The second-order valence-corrected chi connectivity index (χ2v) is 2.33. The SMILES string of the molecule is CC.CC.CC1=C(C)C(=O)CC1. The molecule has 0 bridgehead atoms. The highest BCUT2D eigenvalue weighted by molar-refractivity contribution is 5.97. The summed E-state index contributed by atoms with van der Waals surface area (Å²) < 4.78 is 0. The lowest BCUT2D eigenvalue weighted by Gasteiger charge is -1.86. The Morgan fingerprint density at radius 2 is 1.33 bits per heavy atom. The molecule has 0 atom stereocenters. The van der Waals surface area contributed by atoms with E-state index in [9.17, 15) is 4.79 Å². The summed E-state index contributed by atoms with van der Waals surface area (Å²) in [6, 6.07) is 0. The first-order valence-corrected chi connectivity index (χ1v) is 4.91. The van der Waals surface area contributed by atoms with Gasteiger partial charge in [0.1, 0.15) is 0 Å². The Morgan fingerprint density at radius 3 is 1.42 bits per heavy atom. The van der Waals surface area contributed by atoms with Gasteiger partial charge in [-0.3, -0.25) is 4.79 Å². The number of allylic oxidation sites excluding steroid dienone is 2. The number of hydrogen-bond acceptors (Lipinski definition) is 1. The first kappa shape index (κ1) is 14.0. The summed E-state index contributed by atoms with van der Waals surface area (Å²) in [6.07, 6.45) is 1.74. The number of carbonyl (C=O) groups excluding carboxylic acids is 1. The second kappa shape index (κ2) is 8.51. The molecule has 0 saturated heterocycles. The smallest absolute Gasteiger partial charge is 0.158 e. The summed E-state index contributed by atoms with van der Waals surface area (Å²) in [7, 11) is 0. The highest BCUT2D eigenvalue weighted by atomic mass is 16.1. The molecule has 0 spiro atoms. The van der Waals surface area contributed by atoms with Crippen molar-refractivity contribution in [2.45, 2.75) is 54.4 Å². The monoisotopic (exact) mass is 170 g/mol. The van der Waals surface area contributed by atoms with E-state index < -0.39 is 0 Å². The van der Waals surface area contributed by atoms with Crippen molar-refractivity contribution < 1.29 is 4.79 Å². The Kier molecular flexibility index (Phi) is 9.90. The van der Waals surface area contributed by atoms with Crippen LogP contribution in [-0.4, -0.2) is 5.78 Å². The Balaban J connectivity index is 0. The van der Waals surface area contributed by atoms with E-state index in [1.54, 1.807) is 0 Å². The van der Waals surface area contributed by atoms with E-state index in [1.807, 2.05) is 41.5 Å². The number of carbonyl (C=O) groups is 1. The maximum Gasteiger partial charge on any atom is 0.158 e. The molecule has 12 heavy (non-hydrogen) atoms. The number of rotatable bonds is 0. The van der Waals surface area contributed by atoms with Gasteiger partial charge >= 0.3 is 0 Å². The van der Waals surface area contributed by atoms with E-state index in [2.05, 4.69) is 0 Å². The van der Waals surface area contributed by atoms with E-state index in [0.717, 1.165) is 18.4 Å². The second-order valence-electron chi connectivity index (χ2n) is 2.33. The molecule has 0 heterocycles. The zero-order valence-electron chi connectivity index (χ0n) is 9.32. The quantitative estimate of drug-likeness (QED) is 0.541. The molecule has 1 aliphatic carbocycles. The minimum Gasteiger partial charge on any atom is -0.295 e. The van der Waals surface area contributed by atoms with Gasteiger partial charge < -0.3 is 0 Å². The van der Waals surface area contributed by atoms with Gasteiger partial charge in [-0.15, -0.1) is 0 Å². The topological polar surface area (TPSA) is 17.1 Å². The van der Waals surface area contributed by atoms with Crippen LogP contribution in [0, 0.1) is 0 Å². The van der Waals surface area contributed by atoms with Gasteiger partial charge in [-0.1, -0.05) is 33.3 Å². The zero-order valence-corrected chi connectivity index (χ0v) is 9.32. The fourth-order valence-electron chi connectivity index (χ4n) is 0.914. The minimum absolute atomic E-state index is 0.336. The molecular weight excluding hydrogens is 148 g/mol. The van der Waals surface area contributed by atoms with Crippen LogP contribution in [0.25, 0.3) is 0 Å². The minimum atomic E-state index is 0.336. The van der Waals surface area contributed by atoms with Crippen LogP contribution in [0.15, 0.2) is 11.1 Å². The van der Waals surface area contributed by atoms with Crippen molar-refractivity contribution in [3.05, 3.63) is 11.1 Å². The fraction of sp³-hybridized carbons (Fsp3) is 0.727. The first-order valence-electron chi connectivity index (χ1n) is 4.91. The van der Waals surface area contributed by atoms with E-state index in [0.29, 0.717) is 5.78 Å². The molecule has 1 rings (SSSR count). The molecule has 0 fully saturated rings. The van der Waals surface area contributed by atoms with Gasteiger partial charge in [-0.2, -0.15) is 0 Å². The lowest BCUT2D eigenvalue weighted by Crippen LogP contribution is -1.89. The predicted molar refractivity (Wildman–Crippen MR) is 55.3 cm³/mol. The molecule has 0 amide bonds. The van der Waals surface area contributed by atoms with Crippen LogP contribution in [0.2, 0.25) is 0 Å². The summed E-state index contributed by atoms with van der Waals surface area (Å²) in [5.41, 5.74) is 2.26. The predicted octanol–water partition coefficient (Wildman–Crippen LogP) is 3.74. The molecular formula is C11H22O. The van der Waals surface area contributed by atoms with Crippen LogP contribution < -0.4 is 0 Å². The molecule has 0 radical (unpaired) electrons. The van der Waals surface area contributed by atoms with Crippen molar-refractivity contribution in [1.29, 1.82) is 0 Å². The summed E-state index contributed by atoms with van der Waals surface area (Å²) in [5, 5.41) is 0. The largest absolute Gasteiger partial charge is 0.295 e. The molecule has 72 valence electrons. The number of hydrogen-bond donors (Lipinski definition) is 0. The summed E-state index contributed by atoms with van der Waals surface area (Å²) >= 11 is 0. The van der Waals surface area contributed by atoms with Crippen LogP contribution in [0.4, 0.5) is 0 Å². The molecule has 0 aromatic rings. The molecule has 1 aliphatic rings. The van der Waals surface area contributed by atoms with Crippen LogP contribution in [0.3, 0.4) is 0 Å². The van der Waals surface area contributed by atoms with Gasteiger partial charge in [0.05, 0.1) is 0 Å². The fourth-order valence-corrected chi connectivity index (χ4v) is 0.914. The summed E-state index contributed by atoms with van der Waals surface area (Å²) in [6.45, 7) is 11.9. The highest BCUT2D eigenvalue weighted by Crippen LogP contribution is 2.20. The van der Waals surface area contributed by atoms with Crippen molar-refractivity contribution in [3.63, 3.8) is 0 Å². The molecule has 0 aromatic carbocycles. The molecule has 0 aromatic heterocycles. The standard InChI is InChI=1S/C7H10O.2C2H6/c1-5-3-4-7(8)6(5)2;2*1-2/h3-4H2,1-2H3;2*1-2H3. The lowest BCUT2D eigenvalue weighted by atomic mass is 10.2.